The van der Waals surface area contributed by atoms with Crippen molar-refractivity contribution in [3.63, 3.8) is 0 Å². The maximum Gasteiger partial charge on any atom is 0.435 e. The molecule has 0 saturated heterocycles. The number of ether oxygens (including phenoxy) is 1. The second kappa shape index (κ2) is 7.75. The lowest BCUT2D eigenvalue weighted by Gasteiger charge is -2.19. The topological polar surface area (TPSA) is 47.4 Å². The van der Waals surface area contributed by atoms with Crippen LogP contribution in [0.1, 0.15) is 21.6 Å². The Kier molecular flexibility index (Phi) is 5.39. The van der Waals surface area contributed by atoms with Crippen LogP contribution in [-0.4, -0.2) is 34.7 Å². The SMILES string of the molecule is COc1ccccc1CN(C)C(=O)c1ccc(-n2ccc(C(F)(F)F)n2)cc1. The number of para-hydroxylation sites is 1. The van der Waals surface area contributed by atoms with Crippen LogP contribution in [0.15, 0.2) is 60.8 Å². The van der Waals surface area contributed by atoms with Crippen LogP contribution in [0.2, 0.25) is 0 Å². The largest absolute Gasteiger partial charge is 0.496 e. The number of nitrogens with zero attached hydrogens (tertiary/aromatic N) is 3. The maximum absolute atomic E-state index is 12.7. The summed E-state index contributed by atoms with van der Waals surface area (Å²) in [5, 5.41) is 3.52. The average Bonchev–Trinajstić information content (AvgIpc) is 3.18. The molecule has 0 aliphatic heterocycles. The third-order valence-corrected chi connectivity index (χ3v) is 4.21. The van der Waals surface area contributed by atoms with Gasteiger partial charge in [0, 0.05) is 30.9 Å². The summed E-state index contributed by atoms with van der Waals surface area (Å²) in [6, 6.07) is 14.5. The predicted octanol–water partition coefficient (Wildman–Crippen LogP) is 4.17. The molecule has 5 nitrogen and oxygen atoms in total. The fourth-order valence-corrected chi connectivity index (χ4v) is 2.76. The molecule has 0 radical (unpaired) electrons. The van der Waals surface area contributed by atoms with Crippen LogP contribution in [0.4, 0.5) is 13.2 Å². The van der Waals surface area contributed by atoms with Crippen molar-refractivity contribution in [1.82, 2.24) is 14.7 Å². The number of halogens is 3. The Hall–Kier alpha value is -3.29. The van der Waals surface area contributed by atoms with Crippen LogP contribution in [0.3, 0.4) is 0 Å². The van der Waals surface area contributed by atoms with Crippen LogP contribution in [0, 0.1) is 0 Å². The first-order valence-electron chi connectivity index (χ1n) is 8.40. The van der Waals surface area contributed by atoms with Gasteiger partial charge in [0.1, 0.15) is 5.75 Å². The lowest BCUT2D eigenvalue weighted by Crippen LogP contribution is -2.26. The molecule has 1 amide bonds. The smallest absolute Gasteiger partial charge is 0.435 e. The van der Waals surface area contributed by atoms with Crippen LogP contribution in [0.25, 0.3) is 5.69 Å². The highest BCUT2D eigenvalue weighted by molar-refractivity contribution is 5.94. The summed E-state index contributed by atoms with van der Waals surface area (Å²) in [6.45, 7) is 0.360. The zero-order valence-electron chi connectivity index (χ0n) is 15.3. The van der Waals surface area contributed by atoms with E-state index in [1.54, 1.807) is 43.3 Å². The van der Waals surface area contributed by atoms with Gasteiger partial charge in [-0.05, 0) is 36.4 Å². The van der Waals surface area contributed by atoms with Crippen molar-refractivity contribution in [3.05, 3.63) is 77.6 Å². The van der Waals surface area contributed by atoms with Crippen LogP contribution < -0.4 is 4.74 Å². The minimum absolute atomic E-state index is 0.214. The average molecular weight is 389 g/mol. The second-order valence-electron chi connectivity index (χ2n) is 6.16. The Bertz CT molecular complexity index is 965. The normalized spacial score (nSPS) is 11.3. The van der Waals surface area contributed by atoms with Gasteiger partial charge in [-0.15, -0.1) is 0 Å². The van der Waals surface area contributed by atoms with Gasteiger partial charge in [0.05, 0.1) is 12.8 Å². The fourth-order valence-electron chi connectivity index (χ4n) is 2.76. The molecule has 0 fully saturated rings. The number of carbonyl (C=O) groups excluding carboxylic acids is 1. The van der Waals surface area contributed by atoms with Gasteiger partial charge in [-0.2, -0.15) is 18.3 Å². The number of rotatable bonds is 5. The third kappa shape index (κ3) is 4.16. The van der Waals surface area contributed by atoms with Crippen molar-refractivity contribution < 1.29 is 22.7 Å². The zero-order chi connectivity index (χ0) is 20.3. The van der Waals surface area contributed by atoms with Crippen molar-refractivity contribution in [2.75, 3.05) is 14.2 Å². The Morgan fingerprint density at radius 1 is 1.11 bits per heavy atom. The maximum atomic E-state index is 12.7. The van der Waals surface area contributed by atoms with Gasteiger partial charge in [0.2, 0.25) is 0 Å². The summed E-state index contributed by atoms with van der Waals surface area (Å²) in [5.41, 5.74) is 0.752. The standard InChI is InChI=1S/C20H18F3N3O2/c1-25(13-15-5-3-4-6-17(15)28-2)19(27)14-7-9-16(10-8-14)26-12-11-18(24-26)20(21,22)23/h3-12H,13H2,1-2H3. The molecule has 8 heteroatoms. The number of methoxy groups -OCH3 is 1. The highest BCUT2D eigenvalue weighted by Crippen LogP contribution is 2.28. The van der Waals surface area contributed by atoms with E-state index in [0.29, 0.717) is 23.5 Å². The van der Waals surface area contributed by atoms with Crippen molar-refractivity contribution >= 4 is 5.91 Å². The van der Waals surface area contributed by atoms with Crippen molar-refractivity contribution in [1.29, 1.82) is 0 Å². The molecular formula is C20H18F3N3O2. The highest BCUT2D eigenvalue weighted by atomic mass is 19.4. The number of carbonyl (C=O) groups is 1. The molecule has 146 valence electrons. The third-order valence-electron chi connectivity index (χ3n) is 4.21. The van der Waals surface area contributed by atoms with Gasteiger partial charge in [0.15, 0.2) is 5.69 Å². The van der Waals surface area contributed by atoms with Gasteiger partial charge in [-0.3, -0.25) is 4.79 Å². The molecule has 28 heavy (non-hydrogen) atoms. The molecule has 0 spiro atoms. The first kappa shape index (κ1) is 19.5. The number of hydrogen-bond donors (Lipinski definition) is 0. The van der Waals surface area contributed by atoms with Crippen molar-refractivity contribution in [2.45, 2.75) is 12.7 Å². The van der Waals surface area contributed by atoms with Crippen LogP contribution >= 0.6 is 0 Å². The monoisotopic (exact) mass is 389 g/mol. The summed E-state index contributed by atoms with van der Waals surface area (Å²) in [7, 11) is 3.24. The summed E-state index contributed by atoms with van der Waals surface area (Å²) >= 11 is 0. The molecule has 0 N–H and O–H groups in total. The van der Waals surface area contributed by atoms with Gasteiger partial charge in [-0.1, -0.05) is 18.2 Å². The molecule has 3 rings (SSSR count). The Labute approximate surface area is 160 Å². The van der Waals surface area contributed by atoms with E-state index in [-0.39, 0.29) is 5.91 Å². The van der Waals surface area contributed by atoms with E-state index < -0.39 is 11.9 Å². The first-order valence-corrected chi connectivity index (χ1v) is 8.40. The van der Waals surface area contributed by atoms with E-state index in [1.807, 2.05) is 24.3 Å². The zero-order valence-corrected chi connectivity index (χ0v) is 15.3. The molecule has 1 aromatic heterocycles. The molecule has 0 unspecified atom stereocenters. The van der Waals surface area contributed by atoms with Gasteiger partial charge >= 0.3 is 6.18 Å². The number of benzene rings is 2. The molecule has 3 aromatic rings. The van der Waals surface area contributed by atoms with Crippen LogP contribution in [-0.2, 0) is 12.7 Å². The molecule has 0 aliphatic rings. The van der Waals surface area contributed by atoms with E-state index in [2.05, 4.69) is 5.10 Å². The number of aromatic nitrogens is 2. The summed E-state index contributed by atoms with van der Waals surface area (Å²) in [4.78, 5) is 14.2. The minimum Gasteiger partial charge on any atom is -0.496 e. The van der Waals surface area contributed by atoms with E-state index in [9.17, 15) is 18.0 Å². The number of hydrogen-bond acceptors (Lipinski definition) is 3. The van der Waals surface area contributed by atoms with Crippen LogP contribution in [0.5, 0.6) is 5.75 Å². The van der Waals surface area contributed by atoms with Crippen molar-refractivity contribution in [2.24, 2.45) is 0 Å². The Morgan fingerprint density at radius 3 is 2.39 bits per heavy atom. The molecule has 2 aromatic carbocycles. The van der Waals surface area contributed by atoms with Crippen molar-refractivity contribution in [3.8, 4) is 11.4 Å². The van der Waals surface area contributed by atoms with E-state index >= 15 is 0 Å². The van der Waals surface area contributed by atoms with E-state index in [4.69, 9.17) is 4.74 Å². The molecule has 0 bridgehead atoms. The quantitative estimate of drug-likeness (QED) is 0.658. The molecule has 0 saturated carbocycles. The van der Waals surface area contributed by atoms with E-state index in [1.165, 1.54) is 6.20 Å². The predicted molar refractivity (Wildman–Crippen MR) is 97.4 cm³/mol. The Morgan fingerprint density at radius 2 is 1.79 bits per heavy atom. The molecule has 0 aliphatic carbocycles. The molecule has 1 heterocycles. The fraction of sp³-hybridized carbons (Fsp3) is 0.200. The molecular weight excluding hydrogens is 371 g/mol. The number of alkyl halides is 3. The lowest BCUT2D eigenvalue weighted by atomic mass is 10.1. The lowest BCUT2D eigenvalue weighted by molar-refractivity contribution is -0.141. The number of amides is 1. The first-order chi connectivity index (χ1) is 13.3. The van der Waals surface area contributed by atoms with Gasteiger partial charge < -0.3 is 9.64 Å². The summed E-state index contributed by atoms with van der Waals surface area (Å²) in [5.74, 6) is 0.477. The second-order valence-corrected chi connectivity index (χ2v) is 6.16. The summed E-state index contributed by atoms with van der Waals surface area (Å²) in [6.07, 6.45) is -3.27. The highest BCUT2D eigenvalue weighted by Gasteiger charge is 2.33. The molecule has 0 atom stereocenters. The minimum atomic E-state index is -4.50. The summed E-state index contributed by atoms with van der Waals surface area (Å²) < 4.78 is 44.4. The van der Waals surface area contributed by atoms with Gasteiger partial charge in [0.25, 0.3) is 5.91 Å². The van der Waals surface area contributed by atoms with E-state index in [0.717, 1.165) is 16.3 Å². The van der Waals surface area contributed by atoms with Gasteiger partial charge in [-0.25, -0.2) is 4.68 Å². The Balaban J connectivity index is 1.73.